The maximum Gasteiger partial charge on any atom is 0.224 e. The van der Waals surface area contributed by atoms with Crippen LogP contribution < -0.4 is 10.1 Å². The third kappa shape index (κ3) is 3.22. The fraction of sp³-hybridized carbons (Fsp3) is 0.188. The largest absolute Gasteiger partial charge is 0.439 e. The van der Waals surface area contributed by atoms with Crippen LogP contribution in [0.2, 0.25) is 0 Å². The predicted molar refractivity (Wildman–Crippen MR) is 84.5 cm³/mol. The van der Waals surface area contributed by atoms with E-state index in [0.717, 1.165) is 22.7 Å². The summed E-state index contributed by atoms with van der Waals surface area (Å²) in [5.74, 6) is 2.64. The van der Waals surface area contributed by atoms with Gasteiger partial charge in [-0.25, -0.2) is 9.97 Å². The van der Waals surface area contributed by atoms with Gasteiger partial charge < -0.3 is 10.1 Å². The van der Waals surface area contributed by atoms with Crippen LogP contribution in [-0.2, 0) is 7.05 Å². The van der Waals surface area contributed by atoms with Crippen LogP contribution in [0.1, 0.15) is 11.1 Å². The Morgan fingerprint density at radius 3 is 2.68 bits per heavy atom. The van der Waals surface area contributed by atoms with Crippen molar-refractivity contribution in [2.24, 2.45) is 7.05 Å². The summed E-state index contributed by atoms with van der Waals surface area (Å²) in [5, 5.41) is 7.36. The van der Waals surface area contributed by atoms with Gasteiger partial charge in [-0.15, -0.1) is 0 Å². The second-order valence-corrected chi connectivity index (χ2v) is 5.11. The second-order valence-electron chi connectivity index (χ2n) is 5.11. The van der Waals surface area contributed by atoms with E-state index in [4.69, 9.17) is 4.74 Å². The van der Waals surface area contributed by atoms with Crippen molar-refractivity contribution in [2.45, 2.75) is 13.8 Å². The van der Waals surface area contributed by atoms with Gasteiger partial charge in [-0.1, -0.05) is 12.1 Å². The highest BCUT2D eigenvalue weighted by Crippen LogP contribution is 2.26. The third-order valence-corrected chi connectivity index (χ3v) is 3.17. The first-order valence-electron chi connectivity index (χ1n) is 6.94. The maximum absolute atomic E-state index is 5.86. The van der Waals surface area contributed by atoms with Crippen LogP contribution in [0.15, 0.2) is 42.9 Å². The highest BCUT2D eigenvalue weighted by atomic mass is 16.5. The molecule has 0 aliphatic carbocycles. The van der Waals surface area contributed by atoms with Gasteiger partial charge in [0.05, 0.1) is 0 Å². The summed E-state index contributed by atoms with van der Waals surface area (Å²) in [5.41, 5.74) is 2.20. The van der Waals surface area contributed by atoms with Crippen molar-refractivity contribution < 1.29 is 4.74 Å². The van der Waals surface area contributed by atoms with E-state index in [2.05, 4.69) is 26.4 Å². The molecule has 6 nitrogen and oxygen atoms in total. The SMILES string of the molecule is Cc1ccc(C)c(Oc2cc(Nc3ccn(C)n3)ncn2)c1. The molecule has 1 aromatic carbocycles. The molecule has 2 aromatic heterocycles. The van der Waals surface area contributed by atoms with Crippen LogP contribution >= 0.6 is 0 Å². The molecule has 0 unspecified atom stereocenters. The molecule has 0 aliphatic rings. The Bertz CT molecular complexity index is 797. The number of hydrogen-bond donors (Lipinski definition) is 1. The number of nitrogens with zero attached hydrogens (tertiary/aromatic N) is 4. The van der Waals surface area contributed by atoms with Crippen molar-refractivity contribution in [3.63, 3.8) is 0 Å². The molecule has 0 bridgehead atoms. The van der Waals surface area contributed by atoms with E-state index in [1.165, 1.54) is 6.33 Å². The number of benzene rings is 1. The predicted octanol–water partition coefficient (Wildman–Crippen LogP) is 3.36. The molecule has 112 valence electrons. The minimum Gasteiger partial charge on any atom is -0.439 e. The molecular formula is C16H17N5O. The first-order valence-corrected chi connectivity index (χ1v) is 6.94. The van der Waals surface area contributed by atoms with E-state index >= 15 is 0 Å². The molecule has 22 heavy (non-hydrogen) atoms. The third-order valence-electron chi connectivity index (χ3n) is 3.17. The zero-order valence-corrected chi connectivity index (χ0v) is 12.7. The molecule has 3 aromatic rings. The van der Waals surface area contributed by atoms with Gasteiger partial charge in [0.2, 0.25) is 5.88 Å². The Kier molecular flexibility index (Phi) is 3.74. The number of aryl methyl sites for hydroxylation is 3. The van der Waals surface area contributed by atoms with Crippen LogP contribution in [0, 0.1) is 13.8 Å². The fourth-order valence-electron chi connectivity index (χ4n) is 2.01. The van der Waals surface area contributed by atoms with Crippen LogP contribution in [0.5, 0.6) is 11.6 Å². The molecule has 0 saturated heterocycles. The molecule has 0 spiro atoms. The Labute approximate surface area is 128 Å². The number of ether oxygens (including phenoxy) is 1. The number of aromatic nitrogens is 4. The van der Waals surface area contributed by atoms with Gasteiger partial charge in [-0.2, -0.15) is 5.10 Å². The minimum absolute atomic E-state index is 0.488. The topological polar surface area (TPSA) is 64.9 Å². The highest BCUT2D eigenvalue weighted by Gasteiger charge is 2.06. The van der Waals surface area contributed by atoms with E-state index in [1.807, 2.05) is 45.3 Å². The number of rotatable bonds is 4. The molecule has 0 atom stereocenters. The van der Waals surface area contributed by atoms with Gasteiger partial charge >= 0.3 is 0 Å². The molecule has 0 amide bonds. The van der Waals surface area contributed by atoms with Crippen molar-refractivity contribution in [1.82, 2.24) is 19.7 Å². The summed E-state index contributed by atoms with van der Waals surface area (Å²) in [6, 6.07) is 9.68. The molecule has 1 N–H and O–H groups in total. The zero-order chi connectivity index (χ0) is 15.5. The number of hydrogen-bond acceptors (Lipinski definition) is 5. The zero-order valence-electron chi connectivity index (χ0n) is 12.7. The van der Waals surface area contributed by atoms with Gasteiger partial charge in [-0.3, -0.25) is 4.68 Å². The molecule has 3 rings (SSSR count). The fourth-order valence-corrected chi connectivity index (χ4v) is 2.01. The summed E-state index contributed by atoms with van der Waals surface area (Å²) in [6.07, 6.45) is 3.32. The van der Waals surface area contributed by atoms with Gasteiger partial charge in [0.1, 0.15) is 17.9 Å². The molecule has 0 fully saturated rings. The molecule has 2 heterocycles. The Morgan fingerprint density at radius 1 is 1.05 bits per heavy atom. The van der Waals surface area contributed by atoms with Gasteiger partial charge in [-0.05, 0) is 31.0 Å². The average molecular weight is 295 g/mol. The van der Waals surface area contributed by atoms with Crippen molar-refractivity contribution in [3.8, 4) is 11.6 Å². The first kappa shape index (κ1) is 14.1. The van der Waals surface area contributed by atoms with Crippen molar-refractivity contribution in [3.05, 3.63) is 54.0 Å². The van der Waals surface area contributed by atoms with E-state index < -0.39 is 0 Å². The standard InChI is InChI=1S/C16H17N5O/c1-11-4-5-12(2)13(8-11)22-16-9-15(17-10-18-16)19-14-6-7-21(3)20-14/h4-10H,1-3H3,(H,17,18,19,20). The van der Waals surface area contributed by atoms with Crippen LogP contribution in [0.4, 0.5) is 11.6 Å². The molecule has 0 radical (unpaired) electrons. The van der Waals surface area contributed by atoms with Crippen molar-refractivity contribution in [2.75, 3.05) is 5.32 Å². The van der Waals surface area contributed by atoms with E-state index in [0.29, 0.717) is 11.7 Å². The summed E-state index contributed by atoms with van der Waals surface area (Å²) < 4.78 is 7.58. The van der Waals surface area contributed by atoms with Gasteiger partial charge in [0, 0.05) is 25.4 Å². The summed E-state index contributed by atoms with van der Waals surface area (Å²) >= 11 is 0. The quantitative estimate of drug-likeness (QED) is 0.799. The lowest BCUT2D eigenvalue weighted by molar-refractivity contribution is 0.458. The summed E-state index contributed by atoms with van der Waals surface area (Å²) in [6.45, 7) is 4.03. The second kappa shape index (κ2) is 5.85. The lowest BCUT2D eigenvalue weighted by atomic mass is 10.1. The van der Waals surface area contributed by atoms with Gasteiger partial charge in [0.25, 0.3) is 0 Å². The minimum atomic E-state index is 0.488. The molecule has 0 aliphatic heterocycles. The lowest BCUT2D eigenvalue weighted by Gasteiger charge is -2.09. The van der Waals surface area contributed by atoms with E-state index in [-0.39, 0.29) is 0 Å². The summed E-state index contributed by atoms with van der Waals surface area (Å²) in [7, 11) is 1.86. The molecule has 6 heteroatoms. The van der Waals surface area contributed by atoms with Crippen LogP contribution in [0.25, 0.3) is 0 Å². The van der Waals surface area contributed by atoms with E-state index in [1.54, 1.807) is 10.7 Å². The Hall–Kier alpha value is -2.89. The van der Waals surface area contributed by atoms with Crippen LogP contribution in [0.3, 0.4) is 0 Å². The number of anilines is 2. The van der Waals surface area contributed by atoms with Gasteiger partial charge in [0.15, 0.2) is 5.82 Å². The smallest absolute Gasteiger partial charge is 0.224 e. The maximum atomic E-state index is 5.86. The Balaban J connectivity index is 1.80. The van der Waals surface area contributed by atoms with Crippen molar-refractivity contribution in [1.29, 1.82) is 0 Å². The number of nitrogens with one attached hydrogen (secondary N) is 1. The van der Waals surface area contributed by atoms with Crippen molar-refractivity contribution >= 4 is 11.6 Å². The average Bonchev–Trinajstić information content (AvgIpc) is 2.88. The lowest BCUT2D eigenvalue weighted by Crippen LogP contribution is -1.98. The van der Waals surface area contributed by atoms with E-state index in [9.17, 15) is 0 Å². The molecular weight excluding hydrogens is 278 g/mol. The summed E-state index contributed by atoms with van der Waals surface area (Å²) in [4.78, 5) is 8.33. The highest BCUT2D eigenvalue weighted by molar-refractivity contribution is 5.52. The molecule has 0 saturated carbocycles. The Morgan fingerprint density at radius 2 is 1.91 bits per heavy atom. The van der Waals surface area contributed by atoms with Crippen LogP contribution in [-0.4, -0.2) is 19.7 Å². The first-order chi connectivity index (χ1) is 10.6. The monoisotopic (exact) mass is 295 g/mol. The normalized spacial score (nSPS) is 10.5.